The molecule has 1 aromatic carbocycles. The minimum atomic E-state index is -0.523. The predicted molar refractivity (Wildman–Crippen MR) is 79.1 cm³/mol. The molecule has 110 valence electrons. The van der Waals surface area contributed by atoms with Crippen LogP contribution in [0, 0.1) is 17.1 Å². The van der Waals surface area contributed by atoms with Gasteiger partial charge in [0, 0.05) is 17.9 Å². The summed E-state index contributed by atoms with van der Waals surface area (Å²) in [7, 11) is 0. The van der Waals surface area contributed by atoms with Crippen molar-refractivity contribution < 1.29 is 9.18 Å². The van der Waals surface area contributed by atoms with Crippen molar-refractivity contribution in [2.24, 2.45) is 0 Å². The van der Waals surface area contributed by atoms with Gasteiger partial charge in [-0.25, -0.2) is 4.39 Å². The number of benzene rings is 1. The minimum Gasteiger partial charge on any atom is -0.360 e. The van der Waals surface area contributed by atoms with E-state index in [9.17, 15) is 9.18 Å². The summed E-state index contributed by atoms with van der Waals surface area (Å²) < 4.78 is 13.0. The standard InChI is InChI=1S/C15H15ClFN3O/c16-13-7-12(5-6-14(13)17)19-9-10(8-18)15(21)20-11-3-1-2-4-11/h5-7,9,11,19H,1-4H2,(H,20,21)/b10-9-. The highest BCUT2D eigenvalue weighted by Gasteiger charge is 2.19. The summed E-state index contributed by atoms with van der Waals surface area (Å²) in [6.45, 7) is 0. The third-order valence-corrected chi connectivity index (χ3v) is 3.65. The molecule has 0 atom stereocenters. The lowest BCUT2D eigenvalue weighted by atomic mass is 10.2. The van der Waals surface area contributed by atoms with Crippen molar-refractivity contribution in [1.82, 2.24) is 5.32 Å². The maximum Gasteiger partial charge on any atom is 0.263 e. The Morgan fingerprint density at radius 1 is 1.43 bits per heavy atom. The van der Waals surface area contributed by atoms with E-state index in [1.165, 1.54) is 24.4 Å². The van der Waals surface area contributed by atoms with Gasteiger partial charge in [-0.05, 0) is 31.0 Å². The quantitative estimate of drug-likeness (QED) is 0.662. The third-order valence-electron chi connectivity index (χ3n) is 3.36. The van der Waals surface area contributed by atoms with Crippen LogP contribution in [0.4, 0.5) is 10.1 Å². The number of nitriles is 1. The third kappa shape index (κ3) is 4.20. The molecule has 0 bridgehead atoms. The predicted octanol–water partition coefficient (Wildman–Crippen LogP) is 3.36. The van der Waals surface area contributed by atoms with Crippen LogP contribution in [0.1, 0.15) is 25.7 Å². The summed E-state index contributed by atoms with van der Waals surface area (Å²) >= 11 is 5.66. The molecule has 1 aliphatic carbocycles. The number of carbonyl (C=O) groups excluding carboxylic acids is 1. The molecule has 1 aromatic rings. The number of hydrogen-bond donors (Lipinski definition) is 2. The molecule has 0 spiro atoms. The molecule has 2 rings (SSSR count). The zero-order valence-electron chi connectivity index (χ0n) is 11.3. The van der Waals surface area contributed by atoms with Crippen molar-refractivity contribution >= 4 is 23.2 Å². The van der Waals surface area contributed by atoms with E-state index in [2.05, 4.69) is 10.6 Å². The van der Waals surface area contributed by atoms with Crippen molar-refractivity contribution in [2.45, 2.75) is 31.7 Å². The lowest BCUT2D eigenvalue weighted by Crippen LogP contribution is -2.33. The fourth-order valence-electron chi connectivity index (χ4n) is 2.22. The topological polar surface area (TPSA) is 64.9 Å². The summed E-state index contributed by atoms with van der Waals surface area (Å²) in [6, 6.07) is 6.07. The Balaban J connectivity index is 2.00. The first-order chi connectivity index (χ1) is 10.1. The van der Waals surface area contributed by atoms with Gasteiger partial charge >= 0.3 is 0 Å². The fourth-order valence-corrected chi connectivity index (χ4v) is 2.40. The summed E-state index contributed by atoms with van der Waals surface area (Å²) in [4.78, 5) is 11.9. The zero-order chi connectivity index (χ0) is 15.2. The van der Waals surface area contributed by atoms with E-state index in [1.54, 1.807) is 0 Å². The van der Waals surface area contributed by atoms with E-state index >= 15 is 0 Å². The lowest BCUT2D eigenvalue weighted by molar-refractivity contribution is -0.117. The molecule has 1 aliphatic rings. The summed E-state index contributed by atoms with van der Waals surface area (Å²) in [5, 5.41) is 14.6. The van der Waals surface area contributed by atoms with Crippen molar-refractivity contribution in [1.29, 1.82) is 5.26 Å². The second-order valence-electron chi connectivity index (χ2n) is 4.90. The molecular weight excluding hydrogens is 293 g/mol. The van der Waals surface area contributed by atoms with Gasteiger partial charge in [0.2, 0.25) is 0 Å². The van der Waals surface area contributed by atoms with Gasteiger partial charge in [0.1, 0.15) is 17.5 Å². The van der Waals surface area contributed by atoms with Crippen LogP contribution < -0.4 is 10.6 Å². The van der Waals surface area contributed by atoms with Crippen LogP contribution in [-0.2, 0) is 4.79 Å². The Bertz CT molecular complexity index is 603. The maximum absolute atomic E-state index is 13.0. The largest absolute Gasteiger partial charge is 0.360 e. The number of nitrogens with zero attached hydrogens (tertiary/aromatic N) is 1. The van der Waals surface area contributed by atoms with E-state index < -0.39 is 11.7 Å². The van der Waals surface area contributed by atoms with Gasteiger partial charge in [0.05, 0.1) is 5.02 Å². The van der Waals surface area contributed by atoms with Gasteiger partial charge in [-0.15, -0.1) is 0 Å². The van der Waals surface area contributed by atoms with Crippen molar-refractivity contribution in [3.05, 3.63) is 40.8 Å². The highest BCUT2D eigenvalue weighted by atomic mass is 35.5. The van der Waals surface area contributed by atoms with Crippen LogP contribution in [0.2, 0.25) is 5.02 Å². The number of rotatable bonds is 4. The van der Waals surface area contributed by atoms with Crippen LogP contribution in [0.3, 0.4) is 0 Å². The average molecular weight is 308 g/mol. The zero-order valence-corrected chi connectivity index (χ0v) is 12.1. The number of halogens is 2. The van der Waals surface area contributed by atoms with Crippen molar-refractivity contribution in [2.75, 3.05) is 5.32 Å². The van der Waals surface area contributed by atoms with Crippen LogP contribution in [0.5, 0.6) is 0 Å². The van der Waals surface area contributed by atoms with Gasteiger partial charge in [-0.1, -0.05) is 24.4 Å². The Kier molecular flexibility index (Phi) is 5.18. The van der Waals surface area contributed by atoms with E-state index in [4.69, 9.17) is 16.9 Å². The molecule has 6 heteroatoms. The molecule has 0 heterocycles. The molecule has 21 heavy (non-hydrogen) atoms. The molecule has 4 nitrogen and oxygen atoms in total. The van der Waals surface area contributed by atoms with Crippen molar-refractivity contribution in [3.8, 4) is 6.07 Å². The van der Waals surface area contributed by atoms with Crippen LogP contribution in [-0.4, -0.2) is 11.9 Å². The highest BCUT2D eigenvalue weighted by molar-refractivity contribution is 6.31. The van der Waals surface area contributed by atoms with Gasteiger partial charge in [0.25, 0.3) is 5.91 Å². The molecule has 0 unspecified atom stereocenters. The van der Waals surface area contributed by atoms with Crippen LogP contribution in [0.25, 0.3) is 0 Å². The molecule has 0 radical (unpaired) electrons. The van der Waals surface area contributed by atoms with E-state index in [1.807, 2.05) is 6.07 Å². The average Bonchev–Trinajstić information content (AvgIpc) is 2.96. The Morgan fingerprint density at radius 2 is 2.14 bits per heavy atom. The first-order valence-electron chi connectivity index (χ1n) is 6.73. The number of nitrogens with one attached hydrogen (secondary N) is 2. The molecule has 1 fully saturated rings. The Labute approximate surface area is 127 Å². The lowest BCUT2D eigenvalue weighted by Gasteiger charge is -2.11. The smallest absolute Gasteiger partial charge is 0.263 e. The summed E-state index contributed by atoms with van der Waals surface area (Å²) in [5.74, 6) is -0.921. The van der Waals surface area contributed by atoms with Gasteiger partial charge in [-0.2, -0.15) is 5.26 Å². The Hall–Kier alpha value is -2.06. The number of carbonyl (C=O) groups is 1. The van der Waals surface area contributed by atoms with Crippen molar-refractivity contribution in [3.63, 3.8) is 0 Å². The first kappa shape index (κ1) is 15.3. The number of anilines is 1. The van der Waals surface area contributed by atoms with Crippen LogP contribution >= 0.6 is 11.6 Å². The second kappa shape index (κ2) is 7.09. The highest BCUT2D eigenvalue weighted by Crippen LogP contribution is 2.20. The summed E-state index contributed by atoms with van der Waals surface area (Å²) in [5.41, 5.74) is 0.477. The molecule has 2 N–H and O–H groups in total. The SMILES string of the molecule is N#C/C(=C/Nc1ccc(F)c(Cl)c1)C(=O)NC1CCCC1. The Morgan fingerprint density at radius 3 is 2.76 bits per heavy atom. The molecule has 0 saturated heterocycles. The number of hydrogen-bond acceptors (Lipinski definition) is 3. The van der Waals surface area contributed by atoms with Crippen LogP contribution in [0.15, 0.2) is 30.0 Å². The van der Waals surface area contributed by atoms with Gasteiger partial charge in [0.15, 0.2) is 0 Å². The van der Waals surface area contributed by atoms with Gasteiger partial charge < -0.3 is 10.6 Å². The van der Waals surface area contributed by atoms with E-state index in [0.717, 1.165) is 25.7 Å². The monoisotopic (exact) mass is 307 g/mol. The molecule has 0 aliphatic heterocycles. The molecule has 1 amide bonds. The minimum absolute atomic E-state index is 0.0256. The number of amides is 1. The normalized spacial score (nSPS) is 15.6. The van der Waals surface area contributed by atoms with Gasteiger partial charge in [-0.3, -0.25) is 4.79 Å². The van der Waals surface area contributed by atoms with E-state index in [0.29, 0.717) is 5.69 Å². The molecule has 0 aromatic heterocycles. The van der Waals surface area contributed by atoms with E-state index in [-0.39, 0.29) is 16.6 Å². The molecule has 1 saturated carbocycles. The summed E-state index contributed by atoms with van der Waals surface area (Å²) in [6.07, 6.45) is 5.40. The molecular formula is C15H15ClFN3O. The first-order valence-corrected chi connectivity index (χ1v) is 7.10. The second-order valence-corrected chi connectivity index (χ2v) is 5.31. The fraction of sp³-hybridized carbons (Fsp3) is 0.333. The maximum atomic E-state index is 13.0.